The maximum atomic E-state index is 6.14. The lowest BCUT2D eigenvalue weighted by Gasteiger charge is -2.03. The number of halogens is 2. The third-order valence-corrected chi connectivity index (χ3v) is 3.42. The molecule has 2 aromatic rings. The molecule has 0 aliphatic heterocycles. The summed E-state index contributed by atoms with van der Waals surface area (Å²) in [4.78, 5) is 7.66. The molecule has 0 amide bonds. The van der Waals surface area contributed by atoms with Gasteiger partial charge in [-0.25, -0.2) is 4.98 Å². The molecule has 1 fully saturated rings. The fourth-order valence-corrected chi connectivity index (χ4v) is 2.38. The van der Waals surface area contributed by atoms with Gasteiger partial charge >= 0.3 is 0 Å². The monoisotopic (exact) mass is 252 g/mol. The summed E-state index contributed by atoms with van der Waals surface area (Å²) in [5.41, 5.74) is 1.74. The van der Waals surface area contributed by atoms with Gasteiger partial charge in [0.25, 0.3) is 0 Å². The minimum absolute atomic E-state index is 0.606. The molecule has 16 heavy (non-hydrogen) atoms. The van der Waals surface area contributed by atoms with E-state index in [0.29, 0.717) is 16.0 Å². The van der Waals surface area contributed by atoms with Gasteiger partial charge < -0.3 is 4.98 Å². The molecular weight excluding hydrogens is 243 g/mol. The maximum Gasteiger partial charge on any atom is 0.109 e. The number of aromatic amines is 1. The van der Waals surface area contributed by atoms with Crippen LogP contribution in [0.2, 0.25) is 10.0 Å². The Morgan fingerprint density at radius 2 is 1.88 bits per heavy atom. The van der Waals surface area contributed by atoms with E-state index in [1.54, 1.807) is 6.20 Å². The lowest BCUT2D eigenvalue weighted by atomic mass is 10.2. The van der Waals surface area contributed by atoms with E-state index in [1.807, 2.05) is 18.2 Å². The predicted octanol–water partition coefficient (Wildman–Crippen LogP) is 4.26. The van der Waals surface area contributed by atoms with E-state index in [2.05, 4.69) is 9.97 Å². The summed E-state index contributed by atoms with van der Waals surface area (Å²) in [5.74, 6) is 1.65. The Hall–Kier alpha value is -0.990. The average molecular weight is 253 g/mol. The van der Waals surface area contributed by atoms with Gasteiger partial charge in [0.15, 0.2) is 0 Å². The van der Waals surface area contributed by atoms with Gasteiger partial charge in [-0.05, 0) is 25.0 Å². The summed E-state index contributed by atoms with van der Waals surface area (Å²) in [5, 5.41) is 1.30. The van der Waals surface area contributed by atoms with Crippen molar-refractivity contribution in [2.24, 2.45) is 0 Å². The second-order valence-corrected chi connectivity index (χ2v) is 4.87. The van der Waals surface area contributed by atoms with Crippen molar-refractivity contribution in [3.8, 4) is 11.3 Å². The quantitative estimate of drug-likeness (QED) is 0.850. The zero-order valence-corrected chi connectivity index (χ0v) is 10.0. The highest BCUT2D eigenvalue weighted by atomic mass is 35.5. The van der Waals surface area contributed by atoms with Crippen molar-refractivity contribution in [3.05, 3.63) is 40.3 Å². The Bertz CT molecular complexity index is 509. The molecule has 3 rings (SSSR count). The first-order chi connectivity index (χ1) is 7.75. The normalized spacial score (nSPS) is 15.4. The Kier molecular flexibility index (Phi) is 2.41. The fourth-order valence-electron chi connectivity index (χ4n) is 1.78. The van der Waals surface area contributed by atoms with Crippen LogP contribution >= 0.6 is 23.2 Å². The van der Waals surface area contributed by atoms with E-state index in [-0.39, 0.29) is 0 Å². The van der Waals surface area contributed by atoms with E-state index in [4.69, 9.17) is 23.2 Å². The van der Waals surface area contributed by atoms with E-state index in [0.717, 1.165) is 17.1 Å². The Labute approximate surface area is 104 Å². The highest BCUT2D eigenvalue weighted by Gasteiger charge is 2.26. The Morgan fingerprint density at radius 1 is 1.19 bits per heavy atom. The number of H-pyrrole nitrogens is 1. The summed E-state index contributed by atoms with van der Waals surface area (Å²) < 4.78 is 0. The number of hydrogen-bond acceptors (Lipinski definition) is 1. The van der Waals surface area contributed by atoms with Crippen molar-refractivity contribution in [2.45, 2.75) is 18.8 Å². The first-order valence-electron chi connectivity index (χ1n) is 5.25. The van der Waals surface area contributed by atoms with Crippen molar-refractivity contribution in [1.29, 1.82) is 0 Å². The van der Waals surface area contributed by atoms with Crippen LogP contribution in [0.15, 0.2) is 24.4 Å². The van der Waals surface area contributed by atoms with E-state index in [9.17, 15) is 0 Å². The van der Waals surface area contributed by atoms with Gasteiger partial charge in [0, 0.05) is 11.5 Å². The number of benzene rings is 1. The Balaban J connectivity index is 2.06. The van der Waals surface area contributed by atoms with Crippen molar-refractivity contribution in [1.82, 2.24) is 9.97 Å². The van der Waals surface area contributed by atoms with Gasteiger partial charge in [-0.2, -0.15) is 0 Å². The van der Waals surface area contributed by atoms with E-state index in [1.165, 1.54) is 12.8 Å². The molecule has 1 N–H and O–H groups in total. The molecule has 1 aliphatic rings. The highest BCUT2D eigenvalue weighted by Crippen LogP contribution is 2.40. The number of nitrogens with zero attached hydrogens (tertiary/aromatic N) is 1. The zero-order valence-electron chi connectivity index (χ0n) is 8.50. The summed E-state index contributed by atoms with van der Waals surface area (Å²) in [6.07, 6.45) is 4.26. The summed E-state index contributed by atoms with van der Waals surface area (Å²) in [6, 6.07) is 5.51. The van der Waals surface area contributed by atoms with Gasteiger partial charge in [-0.3, -0.25) is 0 Å². The molecule has 0 saturated heterocycles. The van der Waals surface area contributed by atoms with Crippen LogP contribution in [0.3, 0.4) is 0 Å². The molecule has 2 nitrogen and oxygen atoms in total. The molecule has 1 heterocycles. The third-order valence-electron chi connectivity index (χ3n) is 2.79. The van der Waals surface area contributed by atoms with Gasteiger partial charge in [-0.15, -0.1) is 0 Å². The lowest BCUT2D eigenvalue weighted by molar-refractivity contribution is 0.977. The van der Waals surface area contributed by atoms with Crippen LogP contribution in [0, 0.1) is 0 Å². The molecule has 0 radical (unpaired) electrons. The second kappa shape index (κ2) is 3.79. The fraction of sp³-hybridized carbons (Fsp3) is 0.250. The molecule has 0 atom stereocenters. The molecule has 1 aromatic carbocycles. The van der Waals surface area contributed by atoms with Crippen molar-refractivity contribution < 1.29 is 0 Å². The van der Waals surface area contributed by atoms with Gasteiger partial charge in [0.2, 0.25) is 0 Å². The zero-order chi connectivity index (χ0) is 11.1. The van der Waals surface area contributed by atoms with Crippen LogP contribution in [0.1, 0.15) is 24.6 Å². The molecule has 1 aromatic heterocycles. The first kappa shape index (κ1) is 10.2. The number of aromatic nitrogens is 2. The number of hydrogen-bond donors (Lipinski definition) is 1. The summed E-state index contributed by atoms with van der Waals surface area (Å²) in [6.45, 7) is 0. The second-order valence-electron chi connectivity index (χ2n) is 4.05. The first-order valence-corrected chi connectivity index (χ1v) is 6.00. The van der Waals surface area contributed by atoms with Crippen LogP contribution in [-0.4, -0.2) is 9.97 Å². The van der Waals surface area contributed by atoms with E-state index >= 15 is 0 Å². The van der Waals surface area contributed by atoms with Crippen LogP contribution in [0.5, 0.6) is 0 Å². The molecule has 0 spiro atoms. The smallest absolute Gasteiger partial charge is 0.109 e. The third kappa shape index (κ3) is 1.72. The standard InChI is InChI=1S/C12H10Cl2N2/c13-8-2-1-3-9(14)11(8)10-6-15-12(16-10)7-4-5-7/h1-3,6-7H,4-5H2,(H,15,16). The van der Waals surface area contributed by atoms with Crippen LogP contribution in [-0.2, 0) is 0 Å². The molecule has 1 aliphatic carbocycles. The maximum absolute atomic E-state index is 6.14. The van der Waals surface area contributed by atoms with Crippen molar-refractivity contribution >= 4 is 23.2 Å². The molecule has 0 bridgehead atoms. The van der Waals surface area contributed by atoms with Crippen LogP contribution in [0.25, 0.3) is 11.3 Å². The molecule has 4 heteroatoms. The predicted molar refractivity (Wildman–Crippen MR) is 66.0 cm³/mol. The van der Waals surface area contributed by atoms with Gasteiger partial charge in [0.1, 0.15) is 5.82 Å². The van der Waals surface area contributed by atoms with Gasteiger partial charge in [0.05, 0.1) is 21.9 Å². The summed E-state index contributed by atoms with van der Waals surface area (Å²) in [7, 11) is 0. The number of nitrogens with one attached hydrogen (secondary N) is 1. The van der Waals surface area contributed by atoms with Crippen molar-refractivity contribution in [2.75, 3.05) is 0 Å². The van der Waals surface area contributed by atoms with Gasteiger partial charge in [-0.1, -0.05) is 29.3 Å². The van der Waals surface area contributed by atoms with Crippen LogP contribution < -0.4 is 0 Å². The topological polar surface area (TPSA) is 28.7 Å². The molecule has 1 saturated carbocycles. The number of rotatable bonds is 2. The average Bonchev–Trinajstić information content (AvgIpc) is 2.99. The molecule has 82 valence electrons. The minimum atomic E-state index is 0.606. The lowest BCUT2D eigenvalue weighted by Crippen LogP contribution is -1.84. The molecular formula is C12H10Cl2N2. The SMILES string of the molecule is Clc1cccc(Cl)c1-c1cnc(C2CC2)[nH]1. The Morgan fingerprint density at radius 3 is 2.50 bits per heavy atom. The summed E-state index contributed by atoms with van der Waals surface area (Å²) >= 11 is 12.3. The van der Waals surface area contributed by atoms with Crippen LogP contribution in [0.4, 0.5) is 0 Å². The molecule has 0 unspecified atom stereocenters. The largest absolute Gasteiger partial charge is 0.342 e. The minimum Gasteiger partial charge on any atom is -0.342 e. The number of imidazole rings is 1. The van der Waals surface area contributed by atoms with E-state index < -0.39 is 0 Å². The van der Waals surface area contributed by atoms with Crippen molar-refractivity contribution in [3.63, 3.8) is 0 Å². The highest BCUT2D eigenvalue weighted by molar-refractivity contribution is 6.39.